The van der Waals surface area contributed by atoms with E-state index in [0.717, 1.165) is 5.56 Å². The summed E-state index contributed by atoms with van der Waals surface area (Å²) in [7, 11) is 0. The van der Waals surface area contributed by atoms with Gasteiger partial charge in [0.25, 0.3) is 0 Å². The van der Waals surface area contributed by atoms with Crippen molar-refractivity contribution in [2.45, 2.75) is 57.7 Å². The standard InChI is InChI=1S/C19H27N3O5/c1-19(2,3)27-18(26)22-10-4-5-15(22)17(25)21-14(16(20)24)11-12-6-8-13(23)9-7-12/h6-9,14-15,23H,4-5,10-11H2,1-3H3,(H2,20,24)(H,21,25)/t14-,15+/m1/s1. The lowest BCUT2D eigenvalue weighted by molar-refractivity contribution is -0.130. The minimum atomic E-state index is -0.914. The molecule has 1 aromatic carbocycles. The number of phenols is 1. The second-order valence-corrected chi connectivity index (χ2v) is 7.67. The Kier molecular flexibility index (Phi) is 6.30. The fourth-order valence-electron chi connectivity index (χ4n) is 2.94. The van der Waals surface area contributed by atoms with Crippen LogP contribution in [-0.4, -0.2) is 52.1 Å². The largest absolute Gasteiger partial charge is 0.508 e. The number of nitrogens with two attached hydrogens (primary N) is 1. The van der Waals surface area contributed by atoms with Crippen LogP contribution >= 0.6 is 0 Å². The summed E-state index contributed by atoms with van der Waals surface area (Å²) >= 11 is 0. The fourth-order valence-corrected chi connectivity index (χ4v) is 2.94. The predicted molar refractivity (Wildman–Crippen MR) is 98.9 cm³/mol. The number of aromatic hydroxyl groups is 1. The summed E-state index contributed by atoms with van der Waals surface area (Å²) < 4.78 is 5.35. The van der Waals surface area contributed by atoms with Crippen LogP contribution in [0.1, 0.15) is 39.2 Å². The summed E-state index contributed by atoms with van der Waals surface area (Å²) in [6.07, 6.45) is 0.821. The van der Waals surface area contributed by atoms with E-state index in [0.29, 0.717) is 19.4 Å². The van der Waals surface area contributed by atoms with Crippen LogP contribution in [0.15, 0.2) is 24.3 Å². The molecule has 1 aromatic rings. The highest BCUT2D eigenvalue weighted by molar-refractivity contribution is 5.91. The van der Waals surface area contributed by atoms with Gasteiger partial charge in [-0.2, -0.15) is 0 Å². The van der Waals surface area contributed by atoms with Crippen LogP contribution < -0.4 is 11.1 Å². The fraction of sp³-hybridized carbons (Fsp3) is 0.526. The molecule has 0 spiro atoms. The Balaban J connectivity index is 2.04. The Labute approximate surface area is 158 Å². The molecule has 1 saturated heterocycles. The van der Waals surface area contributed by atoms with Crippen LogP contribution in [0.4, 0.5) is 4.79 Å². The number of hydrogen-bond donors (Lipinski definition) is 3. The lowest BCUT2D eigenvalue weighted by atomic mass is 10.0. The van der Waals surface area contributed by atoms with E-state index < -0.39 is 35.6 Å². The van der Waals surface area contributed by atoms with E-state index in [-0.39, 0.29) is 12.2 Å². The van der Waals surface area contributed by atoms with E-state index in [1.807, 2.05) is 0 Å². The van der Waals surface area contributed by atoms with Crippen LogP contribution in [-0.2, 0) is 20.7 Å². The number of ether oxygens (including phenoxy) is 1. The van der Waals surface area contributed by atoms with Crippen molar-refractivity contribution in [2.75, 3.05) is 6.54 Å². The van der Waals surface area contributed by atoms with Crippen molar-refractivity contribution in [2.24, 2.45) is 5.73 Å². The van der Waals surface area contributed by atoms with Crippen LogP contribution in [0, 0.1) is 0 Å². The highest BCUT2D eigenvalue weighted by Crippen LogP contribution is 2.21. The highest BCUT2D eigenvalue weighted by Gasteiger charge is 2.37. The summed E-state index contributed by atoms with van der Waals surface area (Å²) in [6.45, 7) is 5.71. The maximum absolute atomic E-state index is 12.7. The lowest BCUT2D eigenvalue weighted by Crippen LogP contribution is -2.53. The number of phenolic OH excluding ortho intramolecular Hbond substituents is 1. The van der Waals surface area contributed by atoms with Gasteiger partial charge in [0.05, 0.1) is 0 Å². The van der Waals surface area contributed by atoms with Crippen molar-refractivity contribution in [3.8, 4) is 5.75 Å². The molecule has 3 amide bonds. The SMILES string of the molecule is CC(C)(C)OC(=O)N1CCC[C@H]1C(=O)N[C@H](Cc1ccc(O)cc1)C(N)=O. The third-order valence-corrected chi connectivity index (χ3v) is 4.22. The van der Waals surface area contributed by atoms with Gasteiger partial charge in [0.1, 0.15) is 23.4 Å². The Morgan fingerprint density at radius 1 is 1.30 bits per heavy atom. The van der Waals surface area contributed by atoms with Gasteiger partial charge in [-0.3, -0.25) is 14.5 Å². The minimum absolute atomic E-state index is 0.109. The average Bonchev–Trinajstić information content (AvgIpc) is 3.04. The molecule has 1 heterocycles. The summed E-state index contributed by atoms with van der Waals surface area (Å²) in [6, 6.07) is 4.69. The zero-order valence-electron chi connectivity index (χ0n) is 15.9. The molecule has 4 N–H and O–H groups in total. The number of nitrogens with one attached hydrogen (secondary N) is 1. The smallest absolute Gasteiger partial charge is 0.410 e. The zero-order valence-corrected chi connectivity index (χ0v) is 15.9. The first kappa shape index (κ1) is 20.5. The van der Waals surface area contributed by atoms with E-state index in [9.17, 15) is 19.5 Å². The normalized spacial score (nSPS) is 18.0. The Morgan fingerprint density at radius 3 is 2.48 bits per heavy atom. The van der Waals surface area contributed by atoms with Crippen molar-refractivity contribution in [1.29, 1.82) is 0 Å². The molecular weight excluding hydrogens is 350 g/mol. The van der Waals surface area contributed by atoms with Crippen molar-refractivity contribution >= 4 is 17.9 Å². The van der Waals surface area contributed by atoms with Crippen molar-refractivity contribution < 1.29 is 24.2 Å². The molecule has 0 radical (unpaired) electrons. The molecule has 0 unspecified atom stereocenters. The van der Waals surface area contributed by atoms with Gasteiger partial charge in [0.2, 0.25) is 11.8 Å². The topological polar surface area (TPSA) is 122 Å². The molecule has 148 valence electrons. The quantitative estimate of drug-likeness (QED) is 0.714. The molecule has 0 aromatic heterocycles. The van der Waals surface area contributed by atoms with Gasteiger partial charge in [-0.05, 0) is 51.3 Å². The molecule has 0 saturated carbocycles. The molecule has 1 aliphatic heterocycles. The molecule has 0 bridgehead atoms. The van der Waals surface area contributed by atoms with Crippen molar-refractivity contribution in [1.82, 2.24) is 10.2 Å². The third kappa shape index (κ3) is 5.87. The van der Waals surface area contributed by atoms with Crippen LogP contribution in [0.5, 0.6) is 5.75 Å². The van der Waals surface area contributed by atoms with E-state index in [1.165, 1.54) is 17.0 Å². The Hall–Kier alpha value is -2.77. The summed E-state index contributed by atoms with van der Waals surface area (Å²) in [5.74, 6) is -0.989. The second kappa shape index (κ2) is 8.28. The van der Waals surface area contributed by atoms with Gasteiger partial charge in [0, 0.05) is 13.0 Å². The highest BCUT2D eigenvalue weighted by atomic mass is 16.6. The maximum atomic E-state index is 12.7. The molecule has 0 aliphatic carbocycles. The Bertz CT molecular complexity index is 696. The van der Waals surface area contributed by atoms with Crippen molar-refractivity contribution in [3.05, 3.63) is 29.8 Å². The van der Waals surface area contributed by atoms with Gasteiger partial charge in [-0.1, -0.05) is 12.1 Å². The van der Waals surface area contributed by atoms with Gasteiger partial charge in [0.15, 0.2) is 0 Å². The predicted octanol–water partition coefficient (Wildman–Crippen LogP) is 1.30. The molecule has 27 heavy (non-hydrogen) atoms. The number of nitrogens with zero attached hydrogens (tertiary/aromatic N) is 1. The number of amides is 3. The number of carbonyl (C=O) groups is 3. The summed E-state index contributed by atoms with van der Waals surface area (Å²) in [5, 5.41) is 12.0. The van der Waals surface area contributed by atoms with Crippen LogP contribution in [0.25, 0.3) is 0 Å². The monoisotopic (exact) mass is 377 g/mol. The number of primary amides is 1. The number of rotatable bonds is 5. The molecule has 8 nitrogen and oxygen atoms in total. The summed E-state index contributed by atoms with van der Waals surface area (Å²) in [5.41, 5.74) is 5.52. The average molecular weight is 377 g/mol. The number of benzene rings is 1. The third-order valence-electron chi connectivity index (χ3n) is 4.22. The minimum Gasteiger partial charge on any atom is -0.508 e. The van der Waals surface area contributed by atoms with E-state index in [2.05, 4.69) is 5.32 Å². The number of carbonyl (C=O) groups excluding carboxylic acids is 3. The molecule has 1 fully saturated rings. The van der Waals surface area contributed by atoms with Crippen LogP contribution in [0.2, 0.25) is 0 Å². The van der Waals surface area contributed by atoms with E-state index in [1.54, 1.807) is 32.9 Å². The molecular formula is C19H27N3O5. The zero-order chi connectivity index (χ0) is 20.2. The van der Waals surface area contributed by atoms with Crippen LogP contribution in [0.3, 0.4) is 0 Å². The first-order valence-corrected chi connectivity index (χ1v) is 8.94. The molecule has 8 heteroatoms. The van der Waals surface area contributed by atoms with Gasteiger partial charge in [-0.25, -0.2) is 4.79 Å². The van der Waals surface area contributed by atoms with Gasteiger partial charge < -0.3 is 20.9 Å². The first-order chi connectivity index (χ1) is 12.6. The van der Waals surface area contributed by atoms with E-state index in [4.69, 9.17) is 10.5 Å². The van der Waals surface area contributed by atoms with Crippen molar-refractivity contribution in [3.63, 3.8) is 0 Å². The van der Waals surface area contributed by atoms with Gasteiger partial charge in [-0.15, -0.1) is 0 Å². The second-order valence-electron chi connectivity index (χ2n) is 7.67. The maximum Gasteiger partial charge on any atom is 0.410 e. The van der Waals surface area contributed by atoms with Gasteiger partial charge >= 0.3 is 6.09 Å². The van der Waals surface area contributed by atoms with E-state index >= 15 is 0 Å². The Morgan fingerprint density at radius 2 is 1.93 bits per heavy atom. The summed E-state index contributed by atoms with van der Waals surface area (Å²) in [4.78, 5) is 38.2. The molecule has 2 atom stereocenters. The first-order valence-electron chi connectivity index (χ1n) is 8.94. The molecule has 1 aliphatic rings. The number of likely N-dealkylation sites (tertiary alicyclic amines) is 1. The molecule has 2 rings (SSSR count). The lowest BCUT2D eigenvalue weighted by Gasteiger charge is -2.28. The number of hydrogen-bond acceptors (Lipinski definition) is 5.